The average molecular weight is 281 g/mol. The van der Waals surface area contributed by atoms with Crippen LogP contribution in [0.1, 0.15) is 30.9 Å². The molecule has 112 valence electrons. The Hall–Kier alpha value is -1.30. The van der Waals surface area contributed by atoms with E-state index >= 15 is 0 Å². The lowest BCUT2D eigenvalue weighted by molar-refractivity contribution is -0.134. The highest BCUT2D eigenvalue weighted by atomic mass is 16.7. The molecule has 0 amide bonds. The van der Waals surface area contributed by atoms with Gasteiger partial charge in [-0.25, -0.2) is 0 Å². The number of methoxy groups -OCH3 is 2. The average Bonchev–Trinajstić information content (AvgIpc) is 2.95. The van der Waals surface area contributed by atoms with Crippen LogP contribution in [0.15, 0.2) is 18.2 Å². The molecule has 20 heavy (non-hydrogen) atoms. The van der Waals surface area contributed by atoms with Gasteiger partial charge in [-0.1, -0.05) is 6.07 Å². The summed E-state index contributed by atoms with van der Waals surface area (Å²) in [6.45, 7) is 1.30. The zero-order chi connectivity index (χ0) is 14.4. The van der Waals surface area contributed by atoms with Crippen LogP contribution in [-0.2, 0) is 9.47 Å². The van der Waals surface area contributed by atoms with Crippen molar-refractivity contribution in [3.8, 4) is 11.5 Å². The molecule has 0 spiro atoms. The monoisotopic (exact) mass is 281 g/mol. The van der Waals surface area contributed by atoms with Crippen LogP contribution in [0, 0.1) is 0 Å². The Morgan fingerprint density at radius 1 is 1.20 bits per heavy atom. The van der Waals surface area contributed by atoms with Crippen molar-refractivity contribution in [2.75, 3.05) is 27.4 Å². The summed E-state index contributed by atoms with van der Waals surface area (Å²) in [6, 6.07) is 5.88. The van der Waals surface area contributed by atoms with Gasteiger partial charge in [0.25, 0.3) is 0 Å². The summed E-state index contributed by atoms with van der Waals surface area (Å²) in [6.07, 6.45) is 2.64. The zero-order valence-corrected chi connectivity index (χ0v) is 12.1. The van der Waals surface area contributed by atoms with E-state index in [2.05, 4.69) is 0 Å². The minimum atomic E-state index is -0.125. The molecule has 1 aliphatic heterocycles. The molecule has 1 saturated heterocycles. The molecular formula is C15H23NO4. The van der Waals surface area contributed by atoms with Crippen LogP contribution in [0.25, 0.3) is 0 Å². The largest absolute Gasteiger partial charge is 0.493 e. The normalized spacial score (nSPS) is 21.9. The number of ether oxygens (including phenoxy) is 4. The molecule has 0 bridgehead atoms. The van der Waals surface area contributed by atoms with Crippen LogP contribution < -0.4 is 15.2 Å². The summed E-state index contributed by atoms with van der Waals surface area (Å²) < 4.78 is 22.1. The summed E-state index contributed by atoms with van der Waals surface area (Å²) in [7, 11) is 3.26. The molecule has 2 N–H and O–H groups in total. The molecule has 0 radical (unpaired) electrons. The SMILES string of the molecule is COc1ccc(C2CCC(OCCCN)O2)cc1OC. The fraction of sp³-hybridized carbons (Fsp3) is 0.600. The molecular weight excluding hydrogens is 258 g/mol. The third-order valence-corrected chi connectivity index (χ3v) is 3.41. The van der Waals surface area contributed by atoms with Gasteiger partial charge < -0.3 is 24.7 Å². The second-order valence-electron chi connectivity index (χ2n) is 4.76. The molecule has 2 atom stereocenters. The standard InChI is InChI=1S/C15H23NO4/c1-17-13-5-4-11(10-14(13)18-2)12-6-7-15(20-12)19-9-3-8-16/h4-5,10,12,15H,3,6-9,16H2,1-2H3. The summed E-state index contributed by atoms with van der Waals surface area (Å²) in [5, 5.41) is 0. The Labute approximate surface area is 120 Å². The van der Waals surface area contributed by atoms with Crippen molar-refractivity contribution in [3.63, 3.8) is 0 Å². The molecule has 1 aromatic rings. The smallest absolute Gasteiger partial charge is 0.161 e. The van der Waals surface area contributed by atoms with Crippen molar-refractivity contribution in [2.24, 2.45) is 5.73 Å². The van der Waals surface area contributed by atoms with Crippen LogP contribution in [0.5, 0.6) is 11.5 Å². The molecule has 2 unspecified atom stereocenters. The Bertz CT molecular complexity index is 424. The van der Waals surface area contributed by atoms with Gasteiger partial charge in [0.1, 0.15) is 0 Å². The van der Waals surface area contributed by atoms with E-state index in [9.17, 15) is 0 Å². The lowest BCUT2D eigenvalue weighted by Gasteiger charge is -2.16. The van der Waals surface area contributed by atoms with Crippen molar-refractivity contribution in [1.29, 1.82) is 0 Å². The lowest BCUT2D eigenvalue weighted by atomic mass is 10.1. The third-order valence-electron chi connectivity index (χ3n) is 3.41. The van der Waals surface area contributed by atoms with E-state index in [0.29, 0.717) is 13.2 Å². The first-order chi connectivity index (χ1) is 9.78. The Morgan fingerprint density at radius 2 is 2.00 bits per heavy atom. The summed E-state index contributed by atoms with van der Waals surface area (Å²) in [5.74, 6) is 1.45. The van der Waals surface area contributed by atoms with Crippen molar-refractivity contribution in [2.45, 2.75) is 31.7 Å². The van der Waals surface area contributed by atoms with Crippen molar-refractivity contribution < 1.29 is 18.9 Å². The van der Waals surface area contributed by atoms with E-state index in [0.717, 1.165) is 36.3 Å². The third kappa shape index (κ3) is 3.62. The first-order valence-corrected chi connectivity index (χ1v) is 6.97. The van der Waals surface area contributed by atoms with Gasteiger partial charge >= 0.3 is 0 Å². The van der Waals surface area contributed by atoms with E-state index in [4.69, 9.17) is 24.7 Å². The van der Waals surface area contributed by atoms with Gasteiger partial charge in [-0.05, 0) is 37.1 Å². The van der Waals surface area contributed by atoms with Crippen molar-refractivity contribution in [1.82, 2.24) is 0 Å². The number of hydrogen-bond acceptors (Lipinski definition) is 5. The van der Waals surface area contributed by atoms with Crippen LogP contribution >= 0.6 is 0 Å². The molecule has 2 rings (SSSR count). The highest BCUT2D eigenvalue weighted by Gasteiger charge is 2.27. The van der Waals surface area contributed by atoms with Gasteiger partial charge in [0.15, 0.2) is 17.8 Å². The van der Waals surface area contributed by atoms with Gasteiger partial charge in [0.2, 0.25) is 0 Å². The van der Waals surface area contributed by atoms with Crippen LogP contribution in [0.4, 0.5) is 0 Å². The van der Waals surface area contributed by atoms with Gasteiger partial charge in [-0.2, -0.15) is 0 Å². The van der Waals surface area contributed by atoms with Crippen molar-refractivity contribution in [3.05, 3.63) is 23.8 Å². The molecule has 1 aliphatic rings. The molecule has 5 heteroatoms. The van der Waals surface area contributed by atoms with Crippen LogP contribution in [0.3, 0.4) is 0 Å². The Kier molecular flexibility index (Phi) is 5.64. The Morgan fingerprint density at radius 3 is 2.70 bits per heavy atom. The first-order valence-electron chi connectivity index (χ1n) is 6.97. The number of rotatable bonds is 7. The number of hydrogen-bond donors (Lipinski definition) is 1. The predicted octanol–water partition coefficient (Wildman–Crippen LogP) is 2.25. The fourth-order valence-electron chi connectivity index (χ4n) is 2.33. The molecule has 0 aromatic heterocycles. The second kappa shape index (κ2) is 7.47. The highest BCUT2D eigenvalue weighted by molar-refractivity contribution is 5.43. The maximum atomic E-state index is 5.91. The second-order valence-corrected chi connectivity index (χ2v) is 4.76. The molecule has 0 aliphatic carbocycles. The number of benzene rings is 1. The van der Waals surface area contributed by atoms with E-state index in [1.54, 1.807) is 14.2 Å². The minimum absolute atomic E-state index is 0.0534. The minimum Gasteiger partial charge on any atom is -0.493 e. The van der Waals surface area contributed by atoms with Gasteiger partial charge in [-0.15, -0.1) is 0 Å². The number of nitrogens with two attached hydrogens (primary N) is 1. The molecule has 1 aromatic carbocycles. The topological polar surface area (TPSA) is 62.9 Å². The summed E-state index contributed by atoms with van der Waals surface area (Å²) >= 11 is 0. The molecule has 1 heterocycles. The zero-order valence-electron chi connectivity index (χ0n) is 12.1. The maximum Gasteiger partial charge on any atom is 0.161 e. The lowest BCUT2D eigenvalue weighted by Crippen LogP contribution is -2.14. The Balaban J connectivity index is 1.95. The summed E-state index contributed by atoms with van der Waals surface area (Å²) in [5.41, 5.74) is 6.53. The van der Waals surface area contributed by atoms with E-state index in [1.807, 2.05) is 18.2 Å². The molecule has 5 nitrogen and oxygen atoms in total. The van der Waals surface area contributed by atoms with Crippen LogP contribution in [-0.4, -0.2) is 33.7 Å². The van der Waals surface area contributed by atoms with Gasteiger partial charge in [0.05, 0.1) is 26.9 Å². The first kappa shape index (κ1) is 15.1. The molecule has 1 fully saturated rings. The van der Waals surface area contributed by atoms with E-state index < -0.39 is 0 Å². The highest BCUT2D eigenvalue weighted by Crippen LogP contribution is 2.37. The van der Waals surface area contributed by atoms with Crippen LogP contribution in [0.2, 0.25) is 0 Å². The van der Waals surface area contributed by atoms with Gasteiger partial charge in [-0.3, -0.25) is 0 Å². The summed E-state index contributed by atoms with van der Waals surface area (Å²) in [4.78, 5) is 0. The quantitative estimate of drug-likeness (QED) is 0.777. The van der Waals surface area contributed by atoms with Crippen molar-refractivity contribution >= 4 is 0 Å². The fourth-order valence-corrected chi connectivity index (χ4v) is 2.33. The predicted molar refractivity (Wildman–Crippen MR) is 76.0 cm³/mol. The maximum absolute atomic E-state index is 5.91. The molecule has 0 saturated carbocycles. The van der Waals surface area contributed by atoms with E-state index in [1.165, 1.54) is 0 Å². The van der Waals surface area contributed by atoms with Gasteiger partial charge in [0, 0.05) is 6.42 Å². The van der Waals surface area contributed by atoms with E-state index in [-0.39, 0.29) is 12.4 Å².